The van der Waals surface area contributed by atoms with Crippen molar-refractivity contribution in [2.75, 3.05) is 14.2 Å². The molecule has 0 spiro atoms. The van der Waals surface area contributed by atoms with E-state index in [1.807, 2.05) is 18.2 Å². The Bertz CT molecular complexity index is 817. The van der Waals surface area contributed by atoms with E-state index in [9.17, 15) is 0 Å². The van der Waals surface area contributed by atoms with Gasteiger partial charge >= 0.3 is 0 Å². The molecule has 0 aliphatic heterocycles. The summed E-state index contributed by atoms with van der Waals surface area (Å²) in [7, 11) is 3.29. The Balaban J connectivity index is 1.88. The minimum absolute atomic E-state index is 0.733. The van der Waals surface area contributed by atoms with E-state index < -0.39 is 0 Å². The molecule has 0 aliphatic carbocycles. The van der Waals surface area contributed by atoms with Crippen molar-refractivity contribution in [2.24, 2.45) is 0 Å². The van der Waals surface area contributed by atoms with Crippen LogP contribution in [-0.2, 0) is 6.42 Å². The molecule has 3 rings (SSSR count). The van der Waals surface area contributed by atoms with Gasteiger partial charge in [0, 0.05) is 4.70 Å². The van der Waals surface area contributed by atoms with Gasteiger partial charge in [0.05, 0.1) is 14.2 Å². The molecule has 1 aromatic heterocycles. The molecule has 0 saturated carbocycles. The van der Waals surface area contributed by atoms with E-state index in [1.165, 1.54) is 15.6 Å². The first-order chi connectivity index (χ1) is 10.7. The Kier molecular flexibility index (Phi) is 4.16. The van der Waals surface area contributed by atoms with Crippen LogP contribution in [0.4, 0.5) is 0 Å². The second kappa shape index (κ2) is 6.24. The lowest BCUT2D eigenvalue weighted by Crippen LogP contribution is -1.93. The highest BCUT2D eigenvalue weighted by molar-refractivity contribution is 7.17. The zero-order valence-electron chi connectivity index (χ0n) is 12.8. The van der Waals surface area contributed by atoms with Crippen LogP contribution in [0.5, 0.6) is 11.5 Å². The van der Waals surface area contributed by atoms with Gasteiger partial charge in [-0.05, 0) is 52.1 Å². The van der Waals surface area contributed by atoms with Crippen LogP contribution < -0.4 is 9.47 Å². The number of methoxy groups -OCH3 is 2. The molecule has 0 N–H and O–H groups in total. The molecule has 0 atom stereocenters. The first kappa shape index (κ1) is 14.7. The highest BCUT2D eigenvalue weighted by atomic mass is 32.1. The van der Waals surface area contributed by atoms with Gasteiger partial charge in [0.15, 0.2) is 11.5 Å². The average molecular weight is 310 g/mol. The molecule has 3 heteroatoms. The highest BCUT2D eigenvalue weighted by Gasteiger charge is 2.10. The van der Waals surface area contributed by atoms with E-state index in [1.54, 1.807) is 25.6 Å². The van der Waals surface area contributed by atoms with Gasteiger partial charge in [0.1, 0.15) is 0 Å². The summed E-state index contributed by atoms with van der Waals surface area (Å²) in [6.07, 6.45) is 0.833. The number of allylic oxidation sites excluding steroid dienone is 1. The summed E-state index contributed by atoms with van der Waals surface area (Å²) >= 11 is 1.78. The van der Waals surface area contributed by atoms with Crippen molar-refractivity contribution in [1.29, 1.82) is 0 Å². The molecule has 1 heterocycles. The predicted molar refractivity (Wildman–Crippen MR) is 94.1 cm³/mol. The first-order valence-electron chi connectivity index (χ1n) is 7.08. The van der Waals surface area contributed by atoms with E-state index in [-0.39, 0.29) is 0 Å². The molecule has 0 unspecified atom stereocenters. The number of fused-ring (bicyclic) bond motifs is 1. The average Bonchev–Trinajstić information content (AvgIpc) is 2.97. The Labute approximate surface area is 134 Å². The molecule has 0 fully saturated rings. The Morgan fingerprint density at radius 3 is 2.59 bits per heavy atom. The minimum Gasteiger partial charge on any atom is -0.493 e. The summed E-state index contributed by atoms with van der Waals surface area (Å²) in [5.41, 5.74) is 3.47. The second-order valence-corrected chi connectivity index (χ2v) is 6.02. The largest absolute Gasteiger partial charge is 0.493 e. The molecule has 0 aliphatic rings. The lowest BCUT2D eigenvalue weighted by Gasteiger charge is -2.11. The quantitative estimate of drug-likeness (QED) is 0.647. The van der Waals surface area contributed by atoms with Crippen molar-refractivity contribution in [3.63, 3.8) is 0 Å². The van der Waals surface area contributed by atoms with Crippen LogP contribution in [0.15, 0.2) is 54.4 Å². The van der Waals surface area contributed by atoms with Gasteiger partial charge in [-0.3, -0.25) is 0 Å². The minimum atomic E-state index is 0.733. The summed E-state index contributed by atoms with van der Waals surface area (Å²) in [5, 5.41) is 3.53. The van der Waals surface area contributed by atoms with Gasteiger partial charge in [-0.1, -0.05) is 30.8 Å². The Morgan fingerprint density at radius 2 is 1.82 bits per heavy atom. The summed E-state index contributed by atoms with van der Waals surface area (Å²) < 4.78 is 12.0. The van der Waals surface area contributed by atoms with E-state index in [2.05, 4.69) is 36.2 Å². The maximum Gasteiger partial charge on any atom is 0.161 e. The molecule has 0 radical (unpaired) electrons. The van der Waals surface area contributed by atoms with Gasteiger partial charge in [-0.25, -0.2) is 0 Å². The molecule has 22 heavy (non-hydrogen) atoms. The van der Waals surface area contributed by atoms with Gasteiger partial charge in [0.2, 0.25) is 0 Å². The fourth-order valence-electron chi connectivity index (χ4n) is 2.56. The first-order valence-corrected chi connectivity index (χ1v) is 7.96. The number of benzene rings is 2. The zero-order chi connectivity index (χ0) is 15.5. The number of ether oxygens (including phenoxy) is 2. The van der Waals surface area contributed by atoms with Crippen molar-refractivity contribution >= 4 is 27.0 Å². The standard InChI is InChI=1S/C19H18O2S/c1-13(14-8-9-17(20-2)18(11-14)21-3)10-15-12-22-19-7-5-4-6-16(15)19/h4-9,11-12H,1,10H2,2-3H3. The molecular formula is C19H18O2S. The lowest BCUT2D eigenvalue weighted by molar-refractivity contribution is 0.355. The van der Waals surface area contributed by atoms with Gasteiger partial charge in [-0.2, -0.15) is 0 Å². The molecule has 3 aromatic rings. The van der Waals surface area contributed by atoms with Crippen molar-refractivity contribution in [3.8, 4) is 11.5 Å². The van der Waals surface area contributed by atoms with Crippen LogP contribution in [0.2, 0.25) is 0 Å². The third-order valence-electron chi connectivity index (χ3n) is 3.76. The highest BCUT2D eigenvalue weighted by Crippen LogP contribution is 2.33. The fourth-order valence-corrected chi connectivity index (χ4v) is 3.52. The summed E-state index contributed by atoms with van der Waals surface area (Å²) in [6.45, 7) is 4.25. The monoisotopic (exact) mass is 310 g/mol. The van der Waals surface area contributed by atoms with Gasteiger partial charge in [0.25, 0.3) is 0 Å². The summed E-state index contributed by atoms with van der Waals surface area (Å²) in [6, 6.07) is 14.4. The number of thiophene rings is 1. The van der Waals surface area contributed by atoms with Crippen molar-refractivity contribution in [1.82, 2.24) is 0 Å². The maximum atomic E-state index is 5.37. The van der Waals surface area contributed by atoms with Crippen molar-refractivity contribution in [3.05, 3.63) is 65.6 Å². The van der Waals surface area contributed by atoms with Crippen molar-refractivity contribution in [2.45, 2.75) is 6.42 Å². The zero-order valence-corrected chi connectivity index (χ0v) is 13.6. The normalized spacial score (nSPS) is 10.6. The third-order valence-corrected chi connectivity index (χ3v) is 4.77. The lowest BCUT2D eigenvalue weighted by atomic mass is 9.99. The van der Waals surface area contributed by atoms with Crippen LogP contribution >= 0.6 is 11.3 Å². The van der Waals surface area contributed by atoms with Crippen LogP contribution in [0, 0.1) is 0 Å². The van der Waals surface area contributed by atoms with Crippen LogP contribution in [0.1, 0.15) is 11.1 Å². The molecule has 112 valence electrons. The molecular weight excluding hydrogens is 292 g/mol. The van der Waals surface area contributed by atoms with E-state index in [0.717, 1.165) is 29.1 Å². The molecule has 0 bridgehead atoms. The molecule has 0 saturated heterocycles. The molecule has 0 amide bonds. The summed E-state index contributed by atoms with van der Waals surface area (Å²) in [4.78, 5) is 0. The smallest absolute Gasteiger partial charge is 0.161 e. The third kappa shape index (κ3) is 2.72. The fraction of sp³-hybridized carbons (Fsp3) is 0.158. The Hall–Kier alpha value is -2.26. The van der Waals surface area contributed by atoms with Crippen molar-refractivity contribution < 1.29 is 9.47 Å². The molecule has 2 nitrogen and oxygen atoms in total. The van der Waals surface area contributed by atoms with Gasteiger partial charge in [-0.15, -0.1) is 11.3 Å². The second-order valence-electron chi connectivity index (χ2n) is 5.11. The Morgan fingerprint density at radius 1 is 1.05 bits per heavy atom. The number of hydrogen-bond donors (Lipinski definition) is 0. The van der Waals surface area contributed by atoms with E-state index >= 15 is 0 Å². The predicted octanol–water partition coefficient (Wildman–Crippen LogP) is 5.17. The SMILES string of the molecule is C=C(Cc1csc2ccccc12)c1ccc(OC)c(OC)c1. The van der Waals surface area contributed by atoms with Crippen LogP contribution in [0.25, 0.3) is 15.7 Å². The summed E-state index contributed by atoms with van der Waals surface area (Å²) in [5.74, 6) is 1.47. The topological polar surface area (TPSA) is 18.5 Å². The van der Waals surface area contributed by atoms with Crippen LogP contribution in [0.3, 0.4) is 0 Å². The maximum absolute atomic E-state index is 5.37. The molecule has 2 aromatic carbocycles. The van der Waals surface area contributed by atoms with E-state index in [0.29, 0.717) is 0 Å². The number of hydrogen-bond acceptors (Lipinski definition) is 3. The van der Waals surface area contributed by atoms with Gasteiger partial charge < -0.3 is 9.47 Å². The van der Waals surface area contributed by atoms with Crippen LogP contribution in [-0.4, -0.2) is 14.2 Å². The number of rotatable bonds is 5. The van der Waals surface area contributed by atoms with E-state index in [4.69, 9.17) is 9.47 Å².